The number of aromatic hydroxyl groups is 2. The molecule has 1 saturated heterocycles. The van der Waals surface area contributed by atoms with Gasteiger partial charge in [0, 0.05) is 29.6 Å². The molecule has 1 aromatic heterocycles. The molecule has 0 radical (unpaired) electrons. The fourth-order valence-electron chi connectivity index (χ4n) is 5.17. The van der Waals surface area contributed by atoms with Crippen molar-refractivity contribution in [2.45, 2.75) is 24.6 Å². The molecule has 4 aliphatic rings. The lowest BCUT2D eigenvalue weighted by Crippen LogP contribution is -2.41. The van der Waals surface area contributed by atoms with Gasteiger partial charge >= 0.3 is 6.18 Å². The van der Waals surface area contributed by atoms with Gasteiger partial charge in [0.2, 0.25) is 11.8 Å². The Morgan fingerprint density at radius 2 is 1.85 bits per heavy atom. The predicted molar refractivity (Wildman–Crippen MR) is 88.5 cm³/mol. The number of benzene rings is 1. The van der Waals surface area contributed by atoms with E-state index in [0.29, 0.717) is 23.0 Å². The molecule has 1 saturated carbocycles. The highest BCUT2D eigenvalue weighted by Crippen LogP contribution is 2.68. The summed E-state index contributed by atoms with van der Waals surface area (Å²) in [5.74, 6) is 0.550. The maximum Gasteiger partial charge on any atom is 0.417 e. The third kappa shape index (κ3) is 2.03. The zero-order valence-electron chi connectivity index (χ0n) is 14.3. The van der Waals surface area contributed by atoms with Gasteiger partial charge in [-0.3, -0.25) is 9.47 Å². The fourth-order valence-corrected chi connectivity index (χ4v) is 5.17. The molecule has 5 nitrogen and oxygen atoms in total. The lowest BCUT2D eigenvalue weighted by atomic mass is 9.77. The first-order chi connectivity index (χ1) is 12.7. The molecule has 3 heterocycles. The number of rotatable bonds is 1. The van der Waals surface area contributed by atoms with Crippen molar-refractivity contribution in [3.63, 3.8) is 0 Å². The molecule has 2 fully saturated rings. The van der Waals surface area contributed by atoms with Gasteiger partial charge in [0.15, 0.2) is 0 Å². The van der Waals surface area contributed by atoms with Crippen LogP contribution in [-0.2, 0) is 6.18 Å². The Balaban J connectivity index is 1.72. The molecule has 8 heteroatoms. The van der Waals surface area contributed by atoms with Crippen LogP contribution in [-0.4, -0.2) is 33.3 Å². The number of likely N-dealkylation sites (N-methyl/N-ethyl adjacent to an activating group) is 1. The van der Waals surface area contributed by atoms with E-state index in [2.05, 4.69) is 4.90 Å². The molecule has 6 rings (SSSR count). The van der Waals surface area contributed by atoms with Crippen LogP contribution in [0.2, 0.25) is 0 Å². The number of aromatic nitrogens is 1. The Morgan fingerprint density at radius 1 is 1.15 bits per heavy atom. The first-order valence-electron chi connectivity index (χ1n) is 8.72. The first-order valence-corrected chi connectivity index (χ1v) is 8.72. The SMILES string of the molecule is CN1CC2c3c(c(O)n(-c4ccc(C#N)c(C(F)(F)F)c4)c3O)[C@H]1[C@H]1C[C@@H]21. The van der Waals surface area contributed by atoms with Crippen molar-refractivity contribution >= 4 is 0 Å². The van der Waals surface area contributed by atoms with Gasteiger partial charge in [-0.15, -0.1) is 0 Å². The highest BCUT2D eigenvalue weighted by Gasteiger charge is 2.61. The molecule has 2 aliphatic carbocycles. The van der Waals surface area contributed by atoms with Gasteiger partial charge in [-0.25, -0.2) is 0 Å². The predicted octanol–water partition coefficient (Wildman–Crippen LogP) is 3.50. The van der Waals surface area contributed by atoms with E-state index < -0.39 is 17.3 Å². The Kier molecular flexibility index (Phi) is 3.05. The second kappa shape index (κ2) is 4.98. The zero-order valence-corrected chi connectivity index (χ0v) is 14.3. The minimum Gasteiger partial charge on any atom is -0.494 e. The molecule has 140 valence electrons. The summed E-state index contributed by atoms with van der Waals surface area (Å²) >= 11 is 0. The summed E-state index contributed by atoms with van der Waals surface area (Å²) in [7, 11) is 1.96. The third-order valence-corrected chi connectivity index (χ3v) is 6.32. The van der Waals surface area contributed by atoms with Gasteiger partial charge < -0.3 is 10.2 Å². The Hall–Kier alpha value is -2.66. The summed E-state index contributed by atoms with van der Waals surface area (Å²) in [6, 6.07) is 4.69. The Bertz CT molecular complexity index is 1020. The largest absolute Gasteiger partial charge is 0.494 e. The van der Waals surface area contributed by atoms with Crippen LogP contribution >= 0.6 is 0 Å². The number of halogens is 3. The minimum atomic E-state index is -4.71. The molecule has 2 N–H and O–H groups in total. The van der Waals surface area contributed by atoms with Crippen LogP contribution in [0, 0.1) is 23.2 Å². The van der Waals surface area contributed by atoms with Gasteiger partial charge in [0.05, 0.1) is 22.9 Å². The summed E-state index contributed by atoms with van der Waals surface area (Å²) in [5, 5.41) is 30.6. The Morgan fingerprint density at radius 3 is 2.52 bits per heavy atom. The first kappa shape index (κ1) is 16.5. The van der Waals surface area contributed by atoms with E-state index in [9.17, 15) is 23.4 Å². The van der Waals surface area contributed by atoms with Crippen molar-refractivity contribution in [2.75, 3.05) is 13.6 Å². The number of hydrogen-bond acceptors (Lipinski definition) is 4. The quantitative estimate of drug-likeness (QED) is 0.800. The maximum absolute atomic E-state index is 13.3. The van der Waals surface area contributed by atoms with Gasteiger partial charge in [0.25, 0.3) is 0 Å². The zero-order chi connectivity index (χ0) is 19.2. The average Bonchev–Trinajstić information content (AvgIpc) is 3.37. The summed E-state index contributed by atoms with van der Waals surface area (Å²) in [6.07, 6.45) is -3.66. The number of nitriles is 1. The summed E-state index contributed by atoms with van der Waals surface area (Å²) in [5.41, 5.74) is -0.309. The topological polar surface area (TPSA) is 72.4 Å². The van der Waals surface area contributed by atoms with Crippen LogP contribution in [0.4, 0.5) is 13.2 Å². The van der Waals surface area contributed by atoms with Crippen molar-refractivity contribution in [1.29, 1.82) is 5.26 Å². The van der Waals surface area contributed by atoms with Crippen LogP contribution in [0.15, 0.2) is 18.2 Å². The van der Waals surface area contributed by atoms with Gasteiger partial charge in [0.1, 0.15) is 0 Å². The summed E-state index contributed by atoms with van der Waals surface area (Å²) in [6.45, 7) is 0.761. The van der Waals surface area contributed by atoms with E-state index >= 15 is 0 Å². The minimum absolute atomic E-state index is 0.0125. The molecule has 1 unspecified atom stereocenters. The van der Waals surface area contributed by atoms with Crippen molar-refractivity contribution in [1.82, 2.24) is 9.47 Å². The van der Waals surface area contributed by atoms with E-state index in [1.54, 1.807) is 0 Å². The number of hydrogen-bond donors (Lipinski definition) is 2. The fraction of sp³-hybridized carbons (Fsp3) is 0.421. The van der Waals surface area contributed by atoms with Crippen molar-refractivity contribution in [2.24, 2.45) is 11.8 Å². The lowest BCUT2D eigenvalue weighted by Gasteiger charge is -2.42. The van der Waals surface area contributed by atoms with Crippen LogP contribution in [0.1, 0.15) is 40.6 Å². The van der Waals surface area contributed by atoms with Crippen LogP contribution in [0.25, 0.3) is 5.69 Å². The average molecular weight is 375 g/mol. The third-order valence-electron chi connectivity index (χ3n) is 6.32. The van der Waals surface area contributed by atoms with Gasteiger partial charge in [-0.05, 0) is 43.5 Å². The van der Waals surface area contributed by atoms with Crippen molar-refractivity contribution in [3.05, 3.63) is 40.5 Å². The van der Waals surface area contributed by atoms with Crippen molar-refractivity contribution < 1.29 is 23.4 Å². The van der Waals surface area contributed by atoms with E-state index in [-0.39, 0.29) is 29.4 Å². The summed E-state index contributed by atoms with van der Waals surface area (Å²) in [4.78, 5) is 2.14. The van der Waals surface area contributed by atoms with Gasteiger partial charge in [-0.1, -0.05) is 0 Å². The van der Waals surface area contributed by atoms with E-state index in [1.807, 2.05) is 7.05 Å². The number of fused-ring (bicyclic) bond motifs is 1. The number of piperidine rings is 1. The monoisotopic (exact) mass is 375 g/mol. The number of alkyl halides is 3. The highest BCUT2D eigenvalue weighted by atomic mass is 19.4. The summed E-state index contributed by atoms with van der Waals surface area (Å²) < 4.78 is 41.0. The molecular formula is C19H16F3N3O2. The maximum atomic E-state index is 13.3. The van der Waals surface area contributed by atoms with E-state index in [0.717, 1.165) is 29.7 Å². The van der Waals surface area contributed by atoms with E-state index in [1.165, 1.54) is 12.1 Å². The van der Waals surface area contributed by atoms with E-state index in [4.69, 9.17) is 5.26 Å². The standard InChI is InChI=1S/C19H16F3N3O2/c1-24-7-12-10-5-11(10)16(24)15-14(12)17(26)25(18(15)27)9-3-2-8(6-23)13(4-9)19(20,21)22/h2-4,10-12,16,26-27H,5,7H2,1H3/t10-,11+,12?,16-/m1/s1. The van der Waals surface area contributed by atoms with Gasteiger partial charge in [-0.2, -0.15) is 18.4 Å². The molecule has 0 spiro atoms. The molecular weight excluding hydrogens is 359 g/mol. The van der Waals surface area contributed by atoms with Crippen LogP contribution in [0.3, 0.4) is 0 Å². The molecule has 2 bridgehead atoms. The lowest BCUT2D eigenvalue weighted by molar-refractivity contribution is -0.137. The van der Waals surface area contributed by atoms with Crippen LogP contribution < -0.4 is 0 Å². The molecule has 1 aromatic carbocycles. The number of nitrogens with zero attached hydrogens (tertiary/aromatic N) is 3. The van der Waals surface area contributed by atoms with Crippen LogP contribution in [0.5, 0.6) is 11.8 Å². The molecule has 27 heavy (non-hydrogen) atoms. The normalized spacial score (nSPS) is 28.6. The molecule has 0 amide bonds. The molecule has 4 atom stereocenters. The second-order valence-corrected chi connectivity index (χ2v) is 7.70. The smallest absolute Gasteiger partial charge is 0.417 e. The second-order valence-electron chi connectivity index (χ2n) is 7.70. The van der Waals surface area contributed by atoms with Crippen molar-refractivity contribution in [3.8, 4) is 23.5 Å². The highest BCUT2D eigenvalue weighted by molar-refractivity contribution is 5.60. The molecule has 2 aromatic rings. The molecule has 2 aliphatic heterocycles. The Labute approximate surface area is 152 Å².